The van der Waals surface area contributed by atoms with Gasteiger partial charge in [0.2, 0.25) is 5.91 Å². The van der Waals surface area contributed by atoms with Gasteiger partial charge in [-0.1, -0.05) is 43.2 Å². The first kappa shape index (κ1) is 19.0. The minimum Gasteiger partial charge on any atom is -0.508 e. The van der Waals surface area contributed by atoms with Crippen LogP contribution in [0.25, 0.3) is 10.9 Å². The standard InChI is InChI=1S/C23H28N2O2/c26-20-12-13-22-21(16-20)19(17-25-22)14-15-24-23(27)11-7-2-1-4-8-18-9-5-3-6-10-18/h3,5-6,9-10,12-13,16-17,25-26H,1-2,4,7-8,11,14-15H2,(H,24,27). The fourth-order valence-electron chi connectivity index (χ4n) is 3.41. The van der Waals surface area contributed by atoms with Gasteiger partial charge in [0, 0.05) is 30.1 Å². The second-order valence-electron chi connectivity index (χ2n) is 7.04. The van der Waals surface area contributed by atoms with Crippen LogP contribution in [-0.4, -0.2) is 22.5 Å². The molecule has 0 saturated carbocycles. The number of H-pyrrole nitrogens is 1. The van der Waals surface area contributed by atoms with Crippen LogP contribution in [0.5, 0.6) is 5.75 Å². The molecule has 3 aromatic rings. The lowest BCUT2D eigenvalue weighted by Gasteiger charge is -2.05. The number of amides is 1. The first-order valence-electron chi connectivity index (χ1n) is 9.82. The first-order valence-corrected chi connectivity index (χ1v) is 9.82. The molecular weight excluding hydrogens is 336 g/mol. The van der Waals surface area contributed by atoms with Gasteiger partial charge in [0.25, 0.3) is 0 Å². The lowest BCUT2D eigenvalue weighted by Crippen LogP contribution is -2.25. The van der Waals surface area contributed by atoms with Gasteiger partial charge in [-0.25, -0.2) is 0 Å². The molecule has 0 fully saturated rings. The maximum Gasteiger partial charge on any atom is 0.220 e. The molecule has 1 aromatic heterocycles. The van der Waals surface area contributed by atoms with Crippen LogP contribution in [-0.2, 0) is 17.6 Å². The van der Waals surface area contributed by atoms with Gasteiger partial charge in [-0.3, -0.25) is 4.79 Å². The molecule has 0 unspecified atom stereocenters. The number of hydrogen-bond donors (Lipinski definition) is 3. The average molecular weight is 364 g/mol. The molecule has 1 heterocycles. The minimum absolute atomic E-state index is 0.126. The third-order valence-corrected chi connectivity index (χ3v) is 4.93. The van der Waals surface area contributed by atoms with Crippen molar-refractivity contribution in [2.24, 2.45) is 0 Å². The largest absolute Gasteiger partial charge is 0.508 e. The Morgan fingerprint density at radius 1 is 0.963 bits per heavy atom. The Labute approximate surface area is 160 Å². The van der Waals surface area contributed by atoms with Crippen molar-refractivity contribution in [1.29, 1.82) is 0 Å². The van der Waals surface area contributed by atoms with Gasteiger partial charge in [-0.2, -0.15) is 0 Å². The summed E-state index contributed by atoms with van der Waals surface area (Å²) in [6, 6.07) is 15.8. The Morgan fingerprint density at radius 3 is 2.63 bits per heavy atom. The Balaban J connectivity index is 1.28. The van der Waals surface area contributed by atoms with Gasteiger partial charge >= 0.3 is 0 Å². The Bertz CT molecular complexity index is 855. The number of benzene rings is 2. The molecule has 142 valence electrons. The quantitative estimate of drug-likeness (QED) is 0.456. The van der Waals surface area contributed by atoms with Crippen LogP contribution in [0.15, 0.2) is 54.7 Å². The van der Waals surface area contributed by atoms with E-state index in [1.165, 1.54) is 18.4 Å². The Hall–Kier alpha value is -2.75. The van der Waals surface area contributed by atoms with Gasteiger partial charge in [0.15, 0.2) is 0 Å². The molecule has 3 rings (SSSR count). The summed E-state index contributed by atoms with van der Waals surface area (Å²) in [6.45, 7) is 0.620. The molecule has 0 spiro atoms. The van der Waals surface area contributed by atoms with Crippen molar-refractivity contribution in [3.05, 3.63) is 65.9 Å². The predicted molar refractivity (Wildman–Crippen MR) is 110 cm³/mol. The topological polar surface area (TPSA) is 65.1 Å². The van der Waals surface area contributed by atoms with Gasteiger partial charge in [-0.05, 0) is 55.0 Å². The van der Waals surface area contributed by atoms with Crippen molar-refractivity contribution in [3.63, 3.8) is 0 Å². The summed E-state index contributed by atoms with van der Waals surface area (Å²) in [4.78, 5) is 15.2. The van der Waals surface area contributed by atoms with Crippen LogP contribution in [0, 0.1) is 0 Å². The van der Waals surface area contributed by atoms with Crippen molar-refractivity contribution >= 4 is 16.8 Å². The number of phenols is 1. The normalized spacial score (nSPS) is 11.0. The van der Waals surface area contributed by atoms with E-state index >= 15 is 0 Å². The number of aromatic amines is 1. The van der Waals surface area contributed by atoms with E-state index in [0.29, 0.717) is 13.0 Å². The summed E-state index contributed by atoms with van der Waals surface area (Å²) >= 11 is 0. The van der Waals surface area contributed by atoms with E-state index in [4.69, 9.17) is 0 Å². The number of nitrogens with one attached hydrogen (secondary N) is 2. The summed E-state index contributed by atoms with van der Waals surface area (Å²) in [5, 5.41) is 13.6. The van der Waals surface area contributed by atoms with Gasteiger partial charge in [0.1, 0.15) is 5.75 Å². The second kappa shape index (κ2) is 9.81. The molecule has 1 amide bonds. The predicted octanol–water partition coefficient (Wildman–Crippen LogP) is 4.73. The first-order chi connectivity index (χ1) is 13.2. The number of aromatic hydroxyl groups is 1. The lowest BCUT2D eigenvalue weighted by atomic mass is 10.1. The molecule has 4 nitrogen and oxygen atoms in total. The number of unbranched alkanes of at least 4 members (excludes halogenated alkanes) is 3. The number of fused-ring (bicyclic) bond motifs is 1. The number of aryl methyl sites for hydroxylation is 1. The SMILES string of the molecule is O=C(CCCCCCc1ccccc1)NCCc1c[nH]c2ccc(O)cc12. The highest BCUT2D eigenvalue weighted by Gasteiger charge is 2.06. The highest BCUT2D eigenvalue weighted by Crippen LogP contribution is 2.23. The Morgan fingerprint density at radius 2 is 1.78 bits per heavy atom. The molecule has 0 atom stereocenters. The van der Waals surface area contributed by atoms with Crippen LogP contribution < -0.4 is 5.32 Å². The average Bonchev–Trinajstić information content (AvgIpc) is 3.07. The number of carbonyl (C=O) groups excluding carboxylic acids is 1. The van der Waals surface area contributed by atoms with Crippen LogP contribution in [0.4, 0.5) is 0 Å². The van der Waals surface area contributed by atoms with E-state index in [2.05, 4.69) is 34.6 Å². The maximum atomic E-state index is 12.0. The third kappa shape index (κ3) is 5.88. The molecule has 0 aliphatic rings. The molecule has 3 N–H and O–H groups in total. The molecule has 0 saturated heterocycles. The van der Waals surface area contributed by atoms with E-state index in [-0.39, 0.29) is 11.7 Å². The number of carbonyl (C=O) groups is 1. The molecular formula is C23H28N2O2. The minimum atomic E-state index is 0.126. The maximum absolute atomic E-state index is 12.0. The molecule has 0 radical (unpaired) electrons. The monoisotopic (exact) mass is 364 g/mol. The molecule has 27 heavy (non-hydrogen) atoms. The Kier molecular flexibility index (Phi) is 6.91. The molecule has 4 heteroatoms. The van der Waals surface area contributed by atoms with Crippen molar-refractivity contribution in [2.45, 2.75) is 44.9 Å². The highest BCUT2D eigenvalue weighted by molar-refractivity contribution is 5.84. The van der Waals surface area contributed by atoms with Gasteiger partial charge in [-0.15, -0.1) is 0 Å². The summed E-state index contributed by atoms with van der Waals surface area (Å²) in [5.41, 5.74) is 3.51. The van der Waals surface area contributed by atoms with Gasteiger partial charge in [0.05, 0.1) is 0 Å². The van der Waals surface area contributed by atoms with Crippen molar-refractivity contribution in [2.75, 3.05) is 6.54 Å². The zero-order valence-electron chi connectivity index (χ0n) is 15.7. The number of rotatable bonds is 10. The van der Waals surface area contributed by atoms with Gasteiger partial charge < -0.3 is 15.4 Å². The molecule has 2 aromatic carbocycles. The van der Waals surface area contributed by atoms with E-state index in [9.17, 15) is 9.90 Å². The fourth-order valence-corrected chi connectivity index (χ4v) is 3.41. The zero-order valence-corrected chi connectivity index (χ0v) is 15.7. The smallest absolute Gasteiger partial charge is 0.220 e. The highest BCUT2D eigenvalue weighted by atomic mass is 16.3. The lowest BCUT2D eigenvalue weighted by molar-refractivity contribution is -0.121. The van der Waals surface area contributed by atoms with Crippen LogP contribution in [0.2, 0.25) is 0 Å². The van der Waals surface area contributed by atoms with Crippen LogP contribution >= 0.6 is 0 Å². The summed E-state index contributed by atoms with van der Waals surface area (Å²) < 4.78 is 0. The summed E-state index contributed by atoms with van der Waals surface area (Å²) in [7, 11) is 0. The van der Waals surface area contributed by atoms with Crippen molar-refractivity contribution in [1.82, 2.24) is 10.3 Å². The van der Waals surface area contributed by atoms with E-state index in [1.807, 2.05) is 18.3 Å². The molecule has 0 aliphatic heterocycles. The number of aromatic nitrogens is 1. The van der Waals surface area contributed by atoms with Crippen LogP contribution in [0.1, 0.15) is 43.2 Å². The van der Waals surface area contributed by atoms with Crippen LogP contribution in [0.3, 0.4) is 0 Å². The second-order valence-corrected chi connectivity index (χ2v) is 7.04. The van der Waals surface area contributed by atoms with Crippen molar-refractivity contribution < 1.29 is 9.90 Å². The van der Waals surface area contributed by atoms with Crippen molar-refractivity contribution in [3.8, 4) is 5.75 Å². The molecule has 0 aliphatic carbocycles. The number of hydrogen-bond acceptors (Lipinski definition) is 2. The van der Waals surface area contributed by atoms with E-state index in [0.717, 1.165) is 42.1 Å². The zero-order chi connectivity index (χ0) is 18.9. The molecule has 0 bridgehead atoms. The fraction of sp³-hybridized carbons (Fsp3) is 0.348. The third-order valence-electron chi connectivity index (χ3n) is 4.93. The van der Waals surface area contributed by atoms with E-state index in [1.54, 1.807) is 12.1 Å². The summed E-state index contributed by atoms with van der Waals surface area (Å²) in [6.07, 6.45) is 8.81. The summed E-state index contributed by atoms with van der Waals surface area (Å²) in [5.74, 6) is 0.389. The van der Waals surface area contributed by atoms with E-state index < -0.39 is 0 Å². The number of phenolic OH excluding ortho intramolecular Hbond substituents is 1.